The van der Waals surface area contributed by atoms with Gasteiger partial charge in [0.15, 0.2) is 0 Å². The molecule has 7 aromatic rings. The van der Waals surface area contributed by atoms with Crippen LogP contribution in [0, 0.1) is 0 Å². The third kappa shape index (κ3) is 3.48. The molecule has 1 aliphatic heterocycles. The van der Waals surface area contributed by atoms with Gasteiger partial charge < -0.3 is 14.2 Å². The number of fused-ring (bicyclic) bond motifs is 6. The highest BCUT2D eigenvalue weighted by Gasteiger charge is 2.23. The van der Waals surface area contributed by atoms with E-state index in [1.54, 1.807) is 6.20 Å². The summed E-state index contributed by atoms with van der Waals surface area (Å²) in [5.74, 6) is 3.34. The van der Waals surface area contributed by atoms with E-state index < -0.39 is 0 Å². The highest BCUT2D eigenvalue weighted by atomic mass is 16.5. The highest BCUT2D eigenvalue weighted by Crippen LogP contribution is 2.40. The van der Waals surface area contributed by atoms with Gasteiger partial charge in [0.1, 0.15) is 29.8 Å². The number of benzene rings is 3. The van der Waals surface area contributed by atoms with Crippen LogP contribution in [0.2, 0.25) is 0 Å². The van der Waals surface area contributed by atoms with Gasteiger partial charge in [-0.25, -0.2) is 9.97 Å². The third-order valence-electron chi connectivity index (χ3n) is 7.18. The van der Waals surface area contributed by atoms with E-state index >= 15 is 0 Å². The number of hydrogen-bond acceptors (Lipinski definition) is 5. The van der Waals surface area contributed by atoms with Gasteiger partial charge in [-0.1, -0.05) is 24.3 Å². The van der Waals surface area contributed by atoms with Crippen LogP contribution in [0.25, 0.3) is 39.1 Å². The Morgan fingerprint density at radius 1 is 0.667 bits per heavy atom. The Labute approximate surface area is 224 Å². The van der Waals surface area contributed by atoms with Crippen molar-refractivity contribution in [2.45, 2.75) is 6.67 Å². The Morgan fingerprint density at radius 3 is 2.51 bits per heavy atom. The van der Waals surface area contributed by atoms with E-state index in [-0.39, 0.29) is 0 Å². The smallest absolute Gasteiger partial charge is 0.143 e. The predicted octanol–water partition coefficient (Wildman–Crippen LogP) is 7.34. The van der Waals surface area contributed by atoms with Gasteiger partial charge in [0.2, 0.25) is 0 Å². The van der Waals surface area contributed by atoms with Crippen LogP contribution in [0.5, 0.6) is 11.5 Å². The summed E-state index contributed by atoms with van der Waals surface area (Å²) in [6.07, 6.45) is 7.50. The minimum absolute atomic E-state index is 0.680. The molecule has 7 nitrogen and oxygen atoms in total. The van der Waals surface area contributed by atoms with Crippen molar-refractivity contribution in [2.24, 2.45) is 0 Å². The van der Waals surface area contributed by atoms with Crippen LogP contribution < -0.4 is 9.64 Å². The number of imidazole rings is 1. The molecular weight excluding hydrogens is 484 g/mol. The number of rotatable bonds is 4. The van der Waals surface area contributed by atoms with Crippen molar-refractivity contribution in [2.75, 3.05) is 4.90 Å². The van der Waals surface area contributed by atoms with Crippen molar-refractivity contribution < 1.29 is 4.74 Å². The number of hydrogen-bond donors (Lipinski definition) is 0. The quantitative estimate of drug-likeness (QED) is 0.250. The standard InChI is InChI=1S/C32H22N6O/c1-2-10-27-26(9-1)32-35-17-18-36(32)21-37(27)22-7-5-8-23(19-22)39-24-13-14-25-29(20-24)38(30-12-3-4-15-33-30)28-11-6-16-34-31(25)28/h1-20H,21H2. The summed E-state index contributed by atoms with van der Waals surface area (Å²) < 4.78 is 10.7. The van der Waals surface area contributed by atoms with E-state index in [0.29, 0.717) is 6.67 Å². The third-order valence-corrected chi connectivity index (χ3v) is 7.18. The van der Waals surface area contributed by atoms with E-state index in [1.807, 2.05) is 61.1 Å². The number of para-hydroxylation sites is 1. The molecule has 0 aliphatic carbocycles. The molecule has 0 N–H and O–H groups in total. The first-order valence-corrected chi connectivity index (χ1v) is 12.8. The van der Waals surface area contributed by atoms with Crippen molar-refractivity contribution in [3.05, 3.63) is 122 Å². The maximum absolute atomic E-state index is 6.45. The van der Waals surface area contributed by atoms with Gasteiger partial charge in [0.05, 0.1) is 22.2 Å². The van der Waals surface area contributed by atoms with Crippen LogP contribution in [0.4, 0.5) is 11.4 Å². The van der Waals surface area contributed by atoms with Crippen molar-refractivity contribution in [1.29, 1.82) is 0 Å². The molecule has 1 aliphatic rings. The maximum atomic E-state index is 6.45. The summed E-state index contributed by atoms with van der Waals surface area (Å²) in [4.78, 5) is 16.1. The molecule has 8 rings (SSSR count). The van der Waals surface area contributed by atoms with Crippen LogP contribution >= 0.6 is 0 Å². The molecule has 0 radical (unpaired) electrons. The van der Waals surface area contributed by atoms with Crippen LogP contribution in [0.1, 0.15) is 0 Å². The summed E-state index contributed by atoms with van der Waals surface area (Å²) in [7, 11) is 0. The van der Waals surface area contributed by atoms with Crippen LogP contribution in [-0.4, -0.2) is 24.1 Å². The number of nitrogens with zero attached hydrogens (tertiary/aromatic N) is 6. The Kier molecular flexibility index (Phi) is 4.75. The fourth-order valence-corrected chi connectivity index (χ4v) is 5.47. The summed E-state index contributed by atoms with van der Waals surface area (Å²) >= 11 is 0. The lowest BCUT2D eigenvalue weighted by Gasteiger charge is -2.32. The fourth-order valence-electron chi connectivity index (χ4n) is 5.47. The first-order valence-electron chi connectivity index (χ1n) is 12.8. The van der Waals surface area contributed by atoms with Gasteiger partial charge >= 0.3 is 0 Å². The minimum atomic E-state index is 0.680. The van der Waals surface area contributed by atoms with Crippen LogP contribution in [0.15, 0.2) is 122 Å². The van der Waals surface area contributed by atoms with E-state index in [9.17, 15) is 0 Å². The normalized spacial score (nSPS) is 12.5. The zero-order valence-electron chi connectivity index (χ0n) is 20.8. The number of aromatic nitrogens is 5. The average Bonchev–Trinajstić information content (AvgIpc) is 3.60. The summed E-state index contributed by atoms with van der Waals surface area (Å²) in [5, 5.41) is 1.05. The molecule has 0 bridgehead atoms. The number of ether oxygens (including phenoxy) is 1. The van der Waals surface area contributed by atoms with E-state index in [4.69, 9.17) is 4.74 Å². The molecule has 0 unspecified atom stereocenters. The number of anilines is 2. The molecule has 3 aromatic carbocycles. The Hall–Kier alpha value is -5.43. The van der Waals surface area contributed by atoms with Gasteiger partial charge in [-0.15, -0.1) is 0 Å². The Balaban J connectivity index is 1.19. The first-order chi connectivity index (χ1) is 19.3. The zero-order valence-corrected chi connectivity index (χ0v) is 20.8. The average molecular weight is 507 g/mol. The van der Waals surface area contributed by atoms with Gasteiger partial charge in [-0.2, -0.15) is 0 Å². The molecule has 0 spiro atoms. The molecule has 0 saturated heterocycles. The molecule has 4 aromatic heterocycles. The SMILES string of the molecule is c1ccc(-n2c3cc(Oc4cccc(N5Cn6ccnc6-c6ccccc65)c4)ccc3c3ncccc32)nc1. The van der Waals surface area contributed by atoms with E-state index in [1.165, 1.54) is 0 Å². The zero-order chi connectivity index (χ0) is 25.8. The minimum Gasteiger partial charge on any atom is -0.457 e. The van der Waals surface area contributed by atoms with Gasteiger partial charge in [0.25, 0.3) is 0 Å². The second-order valence-electron chi connectivity index (χ2n) is 9.48. The Bertz CT molecular complexity index is 1990. The summed E-state index contributed by atoms with van der Waals surface area (Å²) in [6.45, 7) is 0.680. The molecule has 0 amide bonds. The molecule has 0 saturated carbocycles. The van der Waals surface area contributed by atoms with Crippen LogP contribution in [-0.2, 0) is 6.67 Å². The molecule has 5 heterocycles. The maximum Gasteiger partial charge on any atom is 0.143 e. The Morgan fingerprint density at radius 2 is 1.56 bits per heavy atom. The molecule has 186 valence electrons. The van der Waals surface area contributed by atoms with Crippen molar-refractivity contribution in [1.82, 2.24) is 24.1 Å². The lowest BCUT2D eigenvalue weighted by Crippen LogP contribution is -2.25. The van der Waals surface area contributed by atoms with Crippen molar-refractivity contribution in [3.8, 4) is 28.7 Å². The van der Waals surface area contributed by atoms with Crippen molar-refractivity contribution in [3.63, 3.8) is 0 Å². The highest BCUT2D eigenvalue weighted by molar-refractivity contribution is 6.07. The van der Waals surface area contributed by atoms with Gasteiger partial charge in [0, 0.05) is 53.6 Å². The number of pyridine rings is 2. The van der Waals surface area contributed by atoms with E-state index in [0.717, 1.165) is 62.0 Å². The van der Waals surface area contributed by atoms with E-state index in [2.05, 4.69) is 83.6 Å². The largest absolute Gasteiger partial charge is 0.457 e. The summed E-state index contributed by atoms with van der Waals surface area (Å²) in [5.41, 5.74) is 6.23. The predicted molar refractivity (Wildman–Crippen MR) is 153 cm³/mol. The molecule has 0 fully saturated rings. The second kappa shape index (κ2) is 8.56. The van der Waals surface area contributed by atoms with Gasteiger partial charge in [-0.05, 0) is 60.7 Å². The van der Waals surface area contributed by atoms with Crippen LogP contribution in [0.3, 0.4) is 0 Å². The fraction of sp³-hybridized carbons (Fsp3) is 0.0312. The first kappa shape index (κ1) is 21.6. The molecule has 7 heteroatoms. The lowest BCUT2D eigenvalue weighted by molar-refractivity contribution is 0.483. The molecule has 0 atom stereocenters. The molecular formula is C32H22N6O. The van der Waals surface area contributed by atoms with Gasteiger partial charge in [-0.3, -0.25) is 9.55 Å². The summed E-state index contributed by atoms with van der Waals surface area (Å²) in [6, 6.07) is 32.7. The monoisotopic (exact) mass is 506 g/mol. The van der Waals surface area contributed by atoms with Crippen molar-refractivity contribution >= 4 is 33.3 Å². The topological polar surface area (TPSA) is 61.0 Å². The molecule has 39 heavy (non-hydrogen) atoms. The lowest BCUT2D eigenvalue weighted by atomic mass is 10.1. The second-order valence-corrected chi connectivity index (χ2v) is 9.48.